The Bertz CT molecular complexity index is 1250. The van der Waals surface area contributed by atoms with E-state index in [0.717, 1.165) is 10.1 Å². The molecule has 1 amide bonds. The molecule has 0 fully saturated rings. The predicted octanol–water partition coefficient (Wildman–Crippen LogP) is 3.41. The Kier molecular flexibility index (Phi) is 5.47. The summed E-state index contributed by atoms with van der Waals surface area (Å²) in [5.74, 6) is 0.142. The van der Waals surface area contributed by atoms with Gasteiger partial charge in [-0.1, -0.05) is 0 Å². The number of methoxy groups -OCH3 is 1. The summed E-state index contributed by atoms with van der Waals surface area (Å²) in [6.07, 6.45) is 4.56. The van der Waals surface area contributed by atoms with Crippen molar-refractivity contribution in [3.63, 3.8) is 0 Å². The Balaban J connectivity index is 1.75. The Hall–Kier alpha value is -2.58. The molecule has 0 aliphatic rings. The number of anilines is 1. The number of hydrogen-bond acceptors (Lipinski definition) is 7. The number of fused-ring (bicyclic) bond motifs is 1. The van der Waals surface area contributed by atoms with Gasteiger partial charge in [0.05, 0.1) is 0 Å². The summed E-state index contributed by atoms with van der Waals surface area (Å²) < 4.78 is 6.63. The minimum absolute atomic E-state index is 0.153. The van der Waals surface area contributed by atoms with Gasteiger partial charge in [0.15, 0.2) is 0 Å². The molecule has 0 spiro atoms. The van der Waals surface area contributed by atoms with Gasteiger partial charge in [-0.05, 0) is 0 Å². The molecule has 4 rings (SSSR count). The summed E-state index contributed by atoms with van der Waals surface area (Å²) in [4.78, 5) is 33.8. The molecule has 0 aliphatic carbocycles. The second kappa shape index (κ2) is 8.04. The summed E-state index contributed by atoms with van der Waals surface area (Å²) in [5.41, 5.74) is 2.97. The zero-order valence-corrected chi connectivity index (χ0v) is 18.3. The number of carbonyl (C=O) groups excluding carboxylic acids is 1. The van der Waals surface area contributed by atoms with Gasteiger partial charge in [-0.2, -0.15) is 0 Å². The summed E-state index contributed by atoms with van der Waals surface area (Å²) in [7, 11) is 1.53. The van der Waals surface area contributed by atoms with E-state index in [2.05, 4.69) is 30.2 Å². The fraction of sp³-hybridized carbons (Fsp3) is 0.111. The van der Waals surface area contributed by atoms with E-state index < -0.39 is 0 Å². The van der Waals surface area contributed by atoms with Crippen LogP contribution < -0.4 is 10.1 Å². The van der Waals surface area contributed by atoms with Crippen LogP contribution >= 0.6 is 23.2 Å². The molecule has 0 atom stereocenters. The van der Waals surface area contributed by atoms with Crippen molar-refractivity contribution in [2.24, 2.45) is 0 Å². The molecule has 8 nitrogen and oxygen atoms in total. The predicted molar refractivity (Wildman–Crippen MR) is 111 cm³/mol. The van der Waals surface area contributed by atoms with Crippen LogP contribution in [-0.2, 0) is 0 Å². The number of carbonyl (C=O) groups is 1. The van der Waals surface area contributed by atoms with Crippen LogP contribution in [0.25, 0.3) is 21.0 Å². The van der Waals surface area contributed by atoms with Crippen molar-refractivity contribution in [3.05, 3.63) is 52.4 Å². The number of halogens is 2. The van der Waals surface area contributed by atoms with Crippen molar-refractivity contribution in [1.82, 2.24) is 24.9 Å². The molecule has 0 aliphatic heterocycles. The Labute approximate surface area is 181 Å². The number of hydrogen-bond donors (Lipinski definition) is 1. The third-order valence-electron chi connectivity index (χ3n) is 3.97. The van der Waals surface area contributed by atoms with Crippen LogP contribution in [-0.4, -0.2) is 52.4 Å². The van der Waals surface area contributed by atoms with E-state index in [4.69, 9.17) is 27.9 Å². The van der Waals surface area contributed by atoms with Gasteiger partial charge >= 0.3 is 181 Å². The maximum atomic E-state index is 13.0. The van der Waals surface area contributed by atoms with Crippen molar-refractivity contribution in [3.8, 4) is 16.9 Å². The zero-order valence-electron chi connectivity index (χ0n) is 15.1. The Morgan fingerprint density at radius 2 is 1.90 bits per heavy atom. The van der Waals surface area contributed by atoms with Crippen molar-refractivity contribution in [2.75, 3.05) is 12.4 Å². The van der Waals surface area contributed by atoms with Crippen LogP contribution in [0.1, 0.15) is 16.1 Å². The molecule has 0 unspecified atom stereocenters. The van der Waals surface area contributed by atoms with Gasteiger partial charge in [-0.15, -0.1) is 0 Å². The number of ether oxygens (including phenoxy) is 1. The molecular weight excluding hydrogens is 482 g/mol. The number of rotatable bonds is 4. The molecule has 146 valence electrons. The third-order valence-corrected chi connectivity index (χ3v) is 6.21. The van der Waals surface area contributed by atoms with Crippen LogP contribution in [0.3, 0.4) is 0 Å². The van der Waals surface area contributed by atoms with Gasteiger partial charge in [0, 0.05) is 0 Å². The molecule has 1 N–H and O–H groups in total. The molecule has 0 saturated heterocycles. The molecule has 0 aromatic carbocycles. The SMILES string of the molecule is COc1cnc(Cl)cc1-c1cc(C)ncc1C(=O)Nc1nc2cnc(Cl)nc2[se]1. The van der Waals surface area contributed by atoms with Gasteiger partial charge < -0.3 is 0 Å². The Morgan fingerprint density at radius 3 is 2.69 bits per heavy atom. The summed E-state index contributed by atoms with van der Waals surface area (Å²) in [6.45, 7) is 1.84. The molecular formula is C18H12Cl2N6O2Se. The van der Waals surface area contributed by atoms with E-state index in [1.54, 1.807) is 12.1 Å². The second-order valence-electron chi connectivity index (χ2n) is 5.88. The number of nitrogens with zero attached hydrogens (tertiary/aromatic N) is 5. The number of pyridine rings is 2. The van der Waals surface area contributed by atoms with Crippen LogP contribution in [0.5, 0.6) is 5.75 Å². The van der Waals surface area contributed by atoms with E-state index in [0.29, 0.717) is 32.6 Å². The molecule has 11 heteroatoms. The fourth-order valence-corrected chi connectivity index (χ4v) is 4.78. The molecule has 4 aromatic heterocycles. The van der Waals surface area contributed by atoms with Crippen molar-refractivity contribution in [2.45, 2.75) is 6.92 Å². The van der Waals surface area contributed by atoms with E-state index in [9.17, 15) is 4.79 Å². The number of aromatic nitrogens is 5. The van der Waals surface area contributed by atoms with E-state index in [-0.39, 0.29) is 30.8 Å². The second-order valence-corrected chi connectivity index (χ2v) is 8.66. The van der Waals surface area contributed by atoms with Crippen LogP contribution in [0, 0.1) is 6.92 Å². The van der Waals surface area contributed by atoms with Gasteiger partial charge in [-0.25, -0.2) is 0 Å². The normalized spacial score (nSPS) is 10.9. The Morgan fingerprint density at radius 1 is 1.07 bits per heavy atom. The van der Waals surface area contributed by atoms with Crippen molar-refractivity contribution in [1.29, 1.82) is 0 Å². The number of amides is 1. The quantitative estimate of drug-likeness (QED) is 0.264. The van der Waals surface area contributed by atoms with Crippen molar-refractivity contribution >= 4 is 58.2 Å². The monoisotopic (exact) mass is 494 g/mol. The first-order chi connectivity index (χ1) is 13.9. The summed E-state index contributed by atoms with van der Waals surface area (Å²) in [6, 6.07) is 3.45. The zero-order chi connectivity index (χ0) is 20.5. The van der Waals surface area contributed by atoms with Gasteiger partial charge in [0.1, 0.15) is 0 Å². The molecule has 0 saturated carbocycles. The number of aryl methyl sites for hydroxylation is 1. The van der Waals surface area contributed by atoms with E-state index in [1.165, 1.54) is 25.7 Å². The molecule has 0 bridgehead atoms. The summed E-state index contributed by atoms with van der Waals surface area (Å²) in [5, 5.41) is 3.28. The van der Waals surface area contributed by atoms with Crippen molar-refractivity contribution < 1.29 is 9.53 Å². The topological polar surface area (TPSA) is 103 Å². The summed E-state index contributed by atoms with van der Waals surface area (Å²) >= 11 is 11.6. The average Bonchev–Trinajstić information content (AvgIpc) is 3.09. The molecule has 4 aromatic rings. The van der Waals surface area contributed by atoms with Gasteiger partial charge in [0.2, 0.25) is 0 Å². The first-order valence-corrected chi connectivity index (χ1v) is 10.7. The van der Waals surface area contributed by atoms with Crippen LogP contribution in [0.4, 0.5) is 4.69 Å². The van der Waals surface area contributed by atoms with E-state index >= 15 is 0 Å². The van der Waals surface area contributed by atoms with Gasteiger partial charge in [-0.3, -0.25) is 0 Å². The standard InChI is InChI=1S/C18H12Cl2N6O2Se/c1-8-3-9(10-4-14(19)22-7-13(10)28-2)11(5-21-8)15(27)25-18-24-12-6-23-17(20)26-16(12)29-18/h3-7H,1-2H3,(H,24,25,27). The van der Waals surface area contributed by atoms with Crippen LogP contribution in [0.15, 0.2) is 30.7 Å². The maximum absolute atomic E-state index is 13.0. The molecule has 29 heavy (non-hydrogen) atoms. The van der Waals surface area contributed by atoms with Crippen LogP contribution in [0.2, 0.25) is 10.4 Å². The fourth-order valence-electron chi connectivity index (χ4n) is 2.69. The first-order valence-electron chi connectivity index (χ1n) is 8.21. The van der Waals surface area contributed by atoms with E-state index in [1.807, 2.05) is 6.92 Å². The third kappa shape index (κ3) is 4.09. The average molecular weight is 494 g/mol. The first kappa shape index (κ1) is 19.7. The van der Waals surface area contributed by atoms with Gasteiger partial charge in [0.25, 0.3) is 0 Å². The molecule has 4 heterocycles. The molecule has 0 radical (unpaired) electrons. The number of nitrogens with one attached hydrogen (secondary N) is 1. The minimum atomic E-state index is -0.352.